The minimum atomic E-state index is 0.718. The van der Waals surface area contributed by atoms with Crippen molar-refractivity contribution in [3.05, 3.63) is 200 Å². The van der Waals surface area contributed by atoms with Crippen LogP contribution in [-0.4, -0.2) is 0 Å². The number of nitrogens with zero attached hydrogens (tertiary/aromatic N) is 1. The third kappa shape index (κ3) is 6.61. The third-order valence-corrected chi connectivity index (χ3v) is 12.8. The van der Waals surface area contributed by atoms with E-state index in [9.17, 15) is 0 Å². The summed E-state index contributed by atoms with van der Waals surface area (Å²) in [5.41, 5.74) is 14.7. The Morgan fingerprint density at radius 3 is 1.52 bits per heavy atom. The van der Waals surface area contributed by atoms with Crippen LogP contribution in [0.3, 0.4) is 0 Å². The second kappa shape index (κ2) is 15.1. The van der Waals surface area contributed by atoms with Crippen LogP contribution in [0.2, 0.25) is 0 Å². The topological polar surface area (TPSA) is 3.24 Å². The molecule has 0 amide bonds. The van der Waals surface area contributed by atoms with E-state index in [1.165, 1.54) is 102 Å². The number of anilines is 3. The Morgan fingerprint density at radius 2 is 0.893 bits per heavy atom. The van der Waals surface area contributed by atoms with Crippen molar-refractivity contribution in [3.63, 3.8) is 0 Å². The van der Waals surface area contributed by atoms with Crippen LogP contribution in [0, 0.1) is 0 Å². The molecule has 1 aliphatic carbocycles. The maximum atomic E-state index is 2.41. The molecule has 1 heterocycles. The Bertz CT molecular complexity index is 2680. The average Bonchev–Trinajstić information content (AvgIpc) is 3.66. The van der Waals surface area contributed by atoms with Crippen molar-refractivity contribution in [2.24, 2.45) is 0 Å². The normalized spacial score (nSPS) is 13.3. The largest absolute Gasteiger partial charge is 0.310 e. The summed E-state index contributed by atoms with van der Waals surface area (Å²) in [6.45, 7) is 0. The van der Waals surface area contributed by atoms with Crippen LogP contribution in [0.5, 0.6) is 0 Å². The first-order valence-electron chi connectivity index (χ1n) is 20.0. The molecule has 10 rings (SSSR count). The van der Waals surface area contributed by atoms with Crippen molar-refractivity contribution < 1.29 is 0 Å². The molecule has 0 bridgehead atoms. The molecule has 9 aromatic rings. The predicted octanol–water partition coefficient (Wildman–Crippen LogP) is 16.2. The van der Waals surface area contributed by atoms with Crippen molar-refractivity contribution in [3.8, 4) is 44.5 Å². The lowest BCUT2D eigenvalue weighted by molar-refractivity contribution is 0.443. The van der Waals surface area contributed by atoms with Crippen molar-refractivity contribution in [1.82, 2.24) is 0 Å². The lowest BCUT2D eigenvalue weighted by atomic mass is 9.84. The highest BCUT2D eigenvalue weighted by molar-refractivity contribution is 7.25. The highest BCUT2D eigenvalue weighted by Crippen LogP contribution is 2.44. The van der Waals surface area contributed by atoms with E-state index in [4.69, 9.17) is 0 Å². The van der Waals surface area contributed by atoms with Crippen LogP contribution in [-0.2, 0) is 0 Å². The zero-order valence-electron chi connectivity index (χ0n) is 31.4. The number of hydrogen-bond donors (Lipinski definition) is 0. The summed E-state index contributed by atoms with van der Waals surface area (Å²) in [7, 11) is 0. The Kier molecular flexibility index (Phi) is 9.27. The van der Waals surface area contributed by atoms with Crippen LogP contribution < -0.4 is 4.90 Å². The molecule has 2 heteroatoms. The Labute approximate surface area is 334 Å². The van der Waals surface area contributed by atoms with Crippen molar-refractivity contribution in [1.29, 1.82) is 0 Å². The fourth-order valence-electron chi connectivity index (χ4n) is 8.84. The first-order chi connectivity index (χ1) is 27.8. The Hall–Kier alpha value is -6.22. The van der Waals surface area contributed by atoms with Gasteiger partial charge in [0.15, 0.2) is 0 Å². The van der Waals surface area contributed by atoms with Gasteiger partial charge in [0.1, 0.15) is 0 Å². The van der Waals surface area contributed by atoms with Gasteiger partial charge in [-0.2, -0.15) is 0 Å². The zero-order chi connectivity index (χ0) is 37.3. The van der Waals surface area contributed by atoms with Crippen LogP contribution in [0.15, 0.2) is 194 Å². The maximum absolute atomic E-state index is 2.41. The zero-order valence-corrected chi connectivity index (χ0v) is 32.3. The molecular weight excluding hydrogens is 695 g/mol. The monoisotopic (exact) mass is 737 g/mol. The maximum Gasteiger partial charge on any atom is 0.0476 e. The molecule has 1 saturated carbocycles. The second-order valence-electron chi connectivity index (χ2n) is 15.1. The van der Waals surface area contributed by atoms with Gasteiger partial charge in [-0.1, -0.05) is 171 Å². The fraction of sp³-hybridized carbons (Fsp3) is 0.111. The van der Waals surface area contributed by atoms with E-state index >= 15 is 0 Å². The predicted molar refractivity (Wildman–Crippen MR) is 242 cm³/mol. The smallest absolute Gasteiger partial charge is 0.0476 e. The third-order valence-electron chi connectivity index (χ3n) is 11.7. The number of fused-ring (bicyclic) bond motifs is 3. The highest BCUT2D eigenvalue weighted by atomic mass is 32.1. The molecule has 0 radical (unpaired) electrons. The lowest BCUT2D eigenvalue weighted by Crippen LogP contribution is -2.09. The number of benzene rings is 8. The number of thiophene rings is 1. The summed E-state index contributed by atoms with van der Waals surface area (Å²) >= 11 is 1.87. The Morgan fingerprint density at radius 1 is 0.375 bits per heavy atom. The fourth-order valence-corrected chi connectivity index (χ4v) is 9.98. The van der Waals surface area contributed by atoms with Gasteiger partial charge in [-0.3, -0.25) is 0 Å². The molecule has 1 aromatic heterocycles. The van der Waals surface area contributed by atoms with Gasteiger partial charge in [0, 0.05) is 37.2 Å². The van der Waals surface area contributed by atoms with Crippen molar-refractivity contribution in [2.45, 2.75) is 38.0 Å². The van der Waals surface area contributed by atoms with Gasteiger partial charge < -0.3 is 4.90 Å². The molecule has 0 aliphatic heterocycles. The van der Waals surface area contributed by atoms with E-state index in [1.807, 2.05) is 11.3 Å². The summed E-state index contributed by atoms with van der Waals surface area (Å²) in [6, 6.07) is 71.6. The molecular formula is C54H43NS. The van der Waals surface area contributed by atoms with Gasteiger partial charge in [-0.15, -0.1) is 11.3 Å². The van der Waals surface area contributed by atoms with E-state index in [0.717, 1.165) is 23.0 Å². The average molecular weight is 738 g/mol. The van der Waals surface area contributed by atoms with E-state index in [1.54, 1.807) is 0 Å². The minimum absolute atomic E-state index is 0.718. The summed E-state index contributed by atoms with van der Waals surface area (Å²) in [4.78, 5) is 2.41. The van der Waals surface area contributed by atoms with Gasteiger partial charge in [-0.05, 0) is 111 Å². The molecule has 56 heavy (non-hydrogen) atoms. The minimum Gasteiger partial charge on any atom is -0.310 e. The lowest BCUT2D eigenvalue weighted by Gasteiger charge is -2.26. The summed E-state index contributed by atoms with van der Waals surface area (Å²) < 4.78 is 2.62. The SMILES string of the molecule is c1ccc(-c2cccc(-c3ccccc3)c2-c2ccc(N(c3ccc(-c4ccc(C5CCCCC5)cc4)cc3)c3ccc4c(c3)sc3ccccc34)cc2)cc1. The molecule has 8 aromatic carbocycles. The second-order valence-corrected chi connectivity index (χ2v) is 16.2. The summed E-state index contributed by atoms with van der Waals surface area (Å²) in [5, 5.41) is 2.63. The number of hydrogen-bond acceptors (Lipinski definition) is 2. The van der Waals surface area contributed by atoms with Crippen LogP contribution >= 0.6 is 11.3 Å². The summed E-state index contributed by atoms with van der Waals surface area (Å²) in [5.74, 6) is 0.718. The van der Waals surface area contributed by atoms with Crippen LogP contribution in [0.1, 0.15) is 43.6 Å². The molecule has 0 unspecified atom stereocenters. The van der Waals surface area contributed by atoms with E-state index < -0.39 is 0 Å². The highest BCUT2D eigenvalue weighted by Gasteiger charge is 2.19. The van der Waals surface area contributed by atoms with E-state index in [-0.39, 0.29) is 0 Å². The van der Waals surface area contributed by atoms with Gasteiger partial charge in [0.2, 0.25) is 0 Å². The van der Waals surface area contributed by atoms with E-state index in [2.05, 4.69) is 199 Å². The molecule has 270 valence electrons. The van der Waals surface area contributed by atoms with Crippen LogP contribution in [0.4, 0.5) is 17.1 Å². The number of rotatable bonds is 8. The molecule has 1 nitrogen and oxygen atoms in total. The van der Waals surface area contributed by atoms with Gasteiger partial charge in [0.05, 0.1) is 0 Å². The quantitative estimate of drug-likeness (QED) is 0.150. The first kappa shape index (κ1) is 34.3. The molecule has 0 N–H and O–H groups in total. The molecule has 1 aliphatic rings. The van der Waals surface area contributed by atoms with E-state index in [0.29, 0.717) is 0 Å². The van der Waals surface area contributed by atoms with Crippen molar-refractivity contribution in [2.75, 3.05) is 4.90 Å². The van der Waals surface area contributed by atoms with Crippen LogP contribution in [0.25, 0.3) is 64.7 Å². The molecule has 0 spiro atoms. The summed E-state index contributed by atoms with van der Waals surface area (Å²) in [6.07, 6.45) is 6.76. The standard InChI is InChI=1S/C54H43NS/c1-4-13-38(14-5-1)39-23-25-40(26-24-39)41-27-31-45(32-28-41)55(47-35-36-51-50-19-10-11-22-52(50)56-53(51)37-47)46-33-29-44(30-34-46)54-48(42-15-6-2-7-16-42)20-12-21-49(54)43-17-8-3-9-18-43/h2-3,6-12,15-38H,1,4-5,13-14H2. The van der Waals surface area contributed by atoms with Gasteiger partial charge in [0.25, 0.3) is 0 Å². The Balaban J connectivity index is 1.06. The molecule has 0 atom stereocenters. The molecule has 1 fully saturated rings. The first-order valence-corrected chi connectivity index (χ1v) is 20.8. The van der Waals surface area contributed by atoms with Gasteiger partial charge in [-0.25, -0.2) is 0 Å². The van der Waals surface area contributed by atoms with Crippen molar-refractivity contribution >= 4 is 48.6 Å². The molecule has 0 saturated heterocycles. The van der Waals surface area contributed by atoms with Gasteiger partial charge >= 0.3 is 0 Å².